The van der Waals surface area contributed by atoms with Gasteiger partial charge in [-0.25, -0.2) is 4.79 Å². The van der Waals surface area contributed by atoms with Gasteiger partial charge in [-0.1, -0.05) is 44.2 Å². The highest BCUT2D eigenvalue weighted by Gasteiger charge is 2.24. The van der Waals surface area contributed by atoms with Crippen LogP contribution < -0.4 is 11.1 Å². The molecule has 0 aliphatic rings. The number of hydrogen-bond acceptors (Lipinski definition) is 3. The number of carbonyl (C=O) groups excluding carboxylic acids is 1. The molecule has 0 aliphatic carbocycles. The number of benzene rings is 1. The monoisotopic (exact) mass is 264 g/mol. The second-order valence-electron chi connectivity index (χ2n) is 4.86. The molecule has 104 valence electrons. The van der Waals surface area contributed by atoms with Crippen LogP contribution >= 0.6 is 0 Å². The van der Waals surface area contributed by atoms with Gasteiger partial charge in [0.05, 0.1) is 6.04 Å². The van der Waals surface area contributed by atoms with Gasteiger partial charge in [-0.2, -0.15) is 0 Å². The molecular weight excluding hydrogens is 244 g/mol. The quantitative estimate of drug-likeness (QED) is 0.708. The number of carbonyl (C=O) groups is 2. The first-order valence-corrected chi connectivity index (χ1v) is 6.24. The highest BCUT2D eigenvalue weighted by molar-refractivity contribution is 5.87. The average molecular weight is 264 g/mol. The molecule has 0 aliphatic heterocycles. The number of hydrogen-bond donors (Lipinski definition) is 3. The summed E-state index contributed by atoms with van der Waals surface area (Å²) in [6.45, 7) is 3.63. The third-order valence-electron chi connectivity index (χ3n) is 2.92. The highest BCUT2D eigenvalue weighted by Crippen LogP contribution is 2.05. The van der Waals surface area contributed by atoms with E-state index >= 15 is 0 Å². The van der Waals surface area contributed by atoms with Gasteiger partial charge in [-0.15, -0.1) is 0 Å². The maximum atomic E-state index is 11.8. The van der Waals surface area contributed by atoms with Crippen LogP contribution in [0.25, 0.3) is 0 Å². The van der Waals surface area contributed by atoms with Gasteiger partial charge < -0.3 is 16.2 Å². The minimum atomic E-state index is -1.06. The summed E-state index contributed by atoms with van der Waals surface area (Å²) in [7, 11) is 0. The molecule has 1 amide bonds. The fraction of sp³-hybridized carbons (Fsp3) is 0.429. The van der Waals surface area contributed by atoms with Gasteiger partial charge in [0, 0.05) is 6.42 Å². The molecule has 4 N–H and O–H groups in total. The van der Waals surface area contributed by atoms with Crippen molar-refractivity contribution in [1.29, 1.82) is 0 Å². The van der Waals surface area contributed by atoms with Crippen molar-refractivity contribution in [3.05, 3.63) is 35.9 Å². The van der Waals surface area contributed by atoms with E-state index in [4.69, 9.17) is 10.8 Å². The minimum Gasteiger partial charge on any atom is -0.480 e. The maximum Gasteiger partial charge on any atom is 0.326 e. The first-order chi connectivity index (χ1) is 8.91. The first-order valence-electron chi connectivity index (χ1n) is 6.24. The van der Waals surface area contributed by atoms with Crippen molar-refractivity contribution in [2.24, 2.45) is 11.7 Å². The molecule has 2 atom stereocenters. The Balaban J connectivity index is 2.69. The molecule has 19 heavy (non-hydrogen) atoms. The lowest BCUT2D eigenvalue weighted by Crippen LogP contribution is -2.51. The van der Waals surface area contributed by atoms with Crippen LogP contribution in [0.5, 0.6) is 0 Å². The number of rotatable bonds is 6. The number of aliphatic carboxylic acids is 1. The normalized spacial score (nSPS) is 13.9. The van der Waals surface area contributed by atoms with E-state index in [0.29, 0.717) is 0 Å². The summed E-state index contributed by atoms with van der Waals surface area (Å²) in [5, 5.41) is 11.6. The predicted molar refractivity (Wildman–Crippen MR) is 72.5 cm³/mol. The molecule has 5 nitrogen and oxygen atoms in total. The Labute approximate surface area is 112 Å². The Morgan fingerprint density at radius 1 is 1.26 bits per heavy atom. The van der Waals surface area contributed by atoms with Crippen LogP contribution in [0, 0.1) is 5.92 Å². The lowest BCUT2D eigenvalue weighted by molar-refractivity contribution is -0.142. The van der Waals surface area contributed by atoms with Crippen molar-refractivity contribution in [3.63, 3.8) is 0 Å². The fourth-order valence-electron chi connectivity index (χ4n) is 1.62. The van der Waals surface area contributed by atoms with E-state index in [1.54, 1.807) is 0 Å². The summed E-state index contributed by atoms with van der Waals surface area (Å²) in [6, 6.07) is 7.50. The summed E-state index contributed by atoms with van der Waals surface area (Å²) in [4.78, 5) is 23.0. The molecule has 1 aromatic rings. The Morgan fingerprint density at radius 3 is 2.32 bits per heavy atom. The van der Waals surface area contributed by atoms with E-state index in [9.17, 15) is 9.59 Å². The molecule has 0 heterocycles. The van der Waals surface area contributed by atoms with Crippen LogP contribution in [-0.4, -0.2) is 29.1 Å². The van der Waals surface area contributed by atoms with E-state index in [0.717, 1.165) is 5.56 Å². The molecule has 1 unspecified atom stereocenters. The standard InChI is InChI=1S/C14H20N2O3/c1-9(2)12(15)13(17)16-11(14(18)19)8-10-6-4-3-5-7-10/h3-7,9,11-12H,8,15H2,1-2H3,(H,16,17)(H,18,19)/t11-,12?/m1/s1. The second-order valence-corrected chi connectivity index (χ2v) is 4.86. The number of carboxylic acid groups (broad SMARTS) is 1. The molecule has 0 spiro atoms. The van der Waals surface area contributed by atoms with Crippen molar-refractivity contribution < 1.29 is 14.7 Å². The molecule has 1 rings (SSSR count). The number of nitrogens with two attached hydrogens (primary N) is 1. The third-order valence-corrected chi connectivity index (χ3v) is 2.92. The number of carboxylic acids is 1. The lowest BCUT2D eigenvalue weighted by atomic mass is 10.0. The second kappa shape index (κ2) is 6.89. The average Bonchev–Trinajstić information content (AvgIpc) is 2.37. The molecule has 0 saturated carbocycles. The van der Waals surface area contributed by atoms with E-state index in [1.807, 2.05) is 44.2 Å². The summed E-state index contributed by atoms with van der Waals surface area (Å²) in [6.07, 6.45) is 0.243. The molecule has 0 radical (unpaired) electrons. The SMILES string of the molecule is CC(C)C(N)C(=O)N[C@H](Cc1ccccc1)C(=O)O. The van der Waals surface area contributed by atoms with Crippen molar-refractivity contribution in [2.45, 2.75) is 32.4 Å². The zero-order valence-electron chi connectivity index (χ0n) is 11.2. The van der Waals surface area contributed by atoms with Crippen molar-refractivity contribution >= 4 is 11.9 Å². The lowest BCUT2D eigenvalue weighted by Gasteiger charge is -2.19. The first kappa shape index (κ1) is 15.2. The van der Waals surface area contributed by atoms with E-state index in [2.05, 4.69) is 5.32 Å². The summed E-state index contributed by atoms with van der Waals surface area (Å²) in [5.41, 5.74) is 6.55. The molecule has 0 bridgehead atoms. The highest BCUT2D eigenvalue weighted by atomic mass is 16.4. The molecule has 0 fully saturated rings. The van der Waals surface area contributed by atoms with Gasteiger partial charge in [0.1, 0.15) is 6.04 Å². The van der Waals surface area contributed by atoms with Crippen molar-refractivity contribution in [2.75, 3.05) is 0 Å². The van der Waals surface area contributed by atoms with Gasteiger partial charge in [0.2, 0.25) is 5.91 Å². The number of amides is 1. The number of nitrogens with one attached hydrogen (secondary N) is 1. The fourth-order valence-corrected chi connectivity index (χ4v) is 1.62. The van der Waals surface area contributed by atoms with Crippen LogP contribution in [0.1, 0.15) is 19.4 Å². The van der Waals surface area contributed by atoms with Gasteiger partial charge in [0.25, 0.3) is 0 Å². The van der Waals surface area contributed by atoms with Crippen LogP contribution in [-0.2, 0) is 16.0 Å². The van der Waals surface area contributed by atoms with Gasteiger partial charge >= 0.3 is 5.97 Å². The largest absolute Gasteiger partial charge is 0.480 e. The Morgan fingerprint density at radius 2 is 1.84 bits per heavy atom. The minimum absolute atomic E-state index is 0.0360. The van der Waals surface area contributed by atoms with Crippen LogP contribution in [0.15, 0.2) is 30.3 Å². The smallest absolute Gasteiger partial charge is 0.326 e. The van der Waals surface area contributed by atoms with E-state index in [1.165, 1.54) is 0 Å². The zero-order chi connectivity index (χ0) is 14.4. The summed E-state index contributed by atoms with van der Waals surface area (Å²) >= 11 is 0. The molecule has 1 aromatic carbocycles. The predicted octanol–water partition coefficient (Wildman–Crippen LogP) is 0.782. The molecule has 0 aromatic heterocycles. The van der Waals surface area contributed by atoms with Gasteiger partial charge in [-0.05, 0) is 11.5 Å². The van der Waals surface area contributed by atoms with Crippen molar-refractivity contribution in [3.8, 4) is 0 Å². The van der Waals surface area contributed by atoms with Crippen molar-refractivity contribution in [1.82, 2.24) is 5.32 Å². The Bertz CT molecular complexity index is 432. The third kappa shape index (κ3) is 4.71. The maximum absolute atomic E-state index is 11.8. The summed E-state index contributed by atoms with van der Waals surface area (Å²) in [5.74, 6) is -1.53. The van der Waals surface area contributed by atoms with Crippen LogP contribution in [0.3, 0.4) is 0 Å². The molecule has 5 heteroatoms. The van der Waals surface area contributed by atoms with Crippen LogP contribution in [0.2, 0.25) is 0 Å². The van der Waals surface area contributed by atoms with Crippen LogP contribution in [0.4, 0.5) is 0 Å². The zero-order valence-corrected chi connectivity index (χ0v) is 11.2. The Kier molecular flexibility index (Phi) is 5.51. The summed E-state index contributed by atoms with van der Waals surface area (Å²) < 4.78 is 0. The topological polar surface area (TPSA) is 92.4 Å². The van der Waals surface area contributed by atoms with E-state index in [-0.39, 0.29) is 12.3 Å². The van der Waals surface area contributed by atoms with Gasteiger partial charge in [0.15, 0.2) is 0 Å². The Hall–Kier alpha value is -1.88. The molecule has 0 saturated heterocycles. The van der Waals surface area contributed by atoms with E-state index < -0.39 is 24.0 Å². The molecular formula is C14H20N2O3. The van der Waals surface area contributed by atoms with Gasteiger partial charge in [-0.3, -0.25) is 4.79 Å².